The highest BCUT2D eigenvalue weighted by molar-refractivity contribution is 6.00. The molecule has 0 spiro atoms. The van der Waals surface area contributed by atoms with E-state index in [1.807, 2.05) is 6.07 Å². The third kappa shape index (κ3) is 5.54. The molecule has 0 aliphatic heterocycles. The van der Waals surface area contributed by atoms with E-state index in [2.05, 4.69) is 20.7 Å². The fourth-order valence-corrected chi connectivity index (χ4v) is 2.45. The van der Waals surface area contributed by atoms with Gasteiger partial charge in [0, 0.05) is 11.4 Å². The topological polar surface area (TPSA) is 96.5 Å². The number of ether oxygens (including phenoxy) is 1. The Kier molecular flexibility index (Phi) is 7.08. The maximum atomic E-state index is 13.7. The Morgan fingerprint density at radius 2 is 1.64 bits per heavy atom. The van der Waals surface area contributed by atoms with E-state index in [-0.39, 0.29) is 17.2 Å². The number of para-hydroxylation sites is 1. The van der Waals surface area contributed by atoms with Crippen LogP contribution in [0.25, 0.3) is 0 Å². The minimum absolute atomic E-state index is 0.211. The first-order valence-corrected chi connectivity index (χ1v) is 8.63. The Bertz CT molecular complexity index is 856. The number of carbonyl (C=O) groups excluding carboxylic acids is 3. The van der Waals surface area contributed by atoms with E-state index in [9.17, 15) is 18.8 Å². The lowest BCUT2D eigenvalue weighted by Crippen LogP contribution is -2.48. The van der Waals surface area contributed by atoms with E-state index in [1.54, 1.807) is 38.1 Å². The molecule has 0 bridgehead atoms. The maximum absolute atomic E-state index is 13.7. The second-order valence-electron chi connectivity index (χ2n) is 6.36. The SMILES string of the molecule is COC(=O)c1cc(NC(=O)[C@@H](NC(=O)Nc2ccccc2)C(C)C)ccc1F. The number of amides is 3. The van der Waals surface area contributed by atoms with Crippen LogP contribution in [0.2, 0.25) is 0 Å². The molecule has 2 aromatic carbocycles. The van der Waals surface area contributed by atoms with E-state index >= 15 is 0 Å². The first-order valence-electron chi connectivity index (χ1n) is 8.63. The average Bonchev–Trinajstić information content (AvgIpc) is 2.67. The van der Waals surface area contributed by atoms with Gasteiger partial charge >= 0.3 is 12.0 Å². The Morgan fingerprint density at radius 1 is 0.964 bits per heavy atom. The number of anilines is 2. The lowest BCUT2D eigenvalue weighted by Gasteiger charge is -2.22. The van der Waals surface area contributed by atoms with Gasteiger partial charge in [-0.3, -0.25) is 4.79 Å². The largest absolute Gasteiger partial charge is 0.465 e. The van der Waals surface area contributed by atoms with Crippen LogP contribution in [-0.2, 0) is 9.53 Å². The summed E-state index contributed by atoms with van der Waals surface area (Å²) in [6, 6.07) is 11.0. The number of benzene rings is 2. The number of hydrogen-bond donors (Lipinski definition) is 3. The summed E-state index contributed by atoms with van der Waals surface area (Å²) >= 11 is 0. The molecule has 0 aromatic heterocycles. The van der Waals surface area contributed by atoms with Crippen LogP contribution in [0, 0.1) is 11.7 Å². The third-order valence-electron chi connectivity index (χ3n) is 3.91. The fraction of sp³-hybridized carbons (Fsp3) is 0.250. The Balaban J connectivity index is 2.08. The van der Waals surface area contributed by atoms with Crippen LogP contribution in [0.15, 0.2) is 48.5 Å². The number of rotatable bonds is 6. The summed E-state index contributed by atoms with van der Waals surface area (Å²) in [5.41, 5.74) is 0.503. The van der Waals surface area contributed by atoms with Gasteiger partial charge in [0.25, 0.3) is 0 Å². The number of hydrogen-bond acceptors (Lipinski definition) is 4. The van der Waals surface area contributed by atoms with Gasteiger partial charge in [0.1, 0.15) is 11.9 Å². The van der Waals surface area contributed by atoms with Crippen LogP contribution in [0.4, 0.5) is 20.6 Å². The molecule has 8 heteroatoms. The van der Waals surface area contributed by atoms with Crippen LogP contribution < -0.4 is 16.0 Å². The number of methoxy groups -OCH3 is 1. The number of esters is 1. The summed E-state index contributed by atoms with van der Waals surface area (Å²) in [5, 5.41) is 7.84. The highest BCUT2D eigenvalue weighted by Gasteiger charge is 2.25. The van der Waals surface area contributed by atoms with E-state index in [4.69, 9.17) is 0 Å². The van der Waals surface area contributed by atoms with Crippen molar-refractivity contribution in [1.82, 2.24) is 5.32 Å². The molecule has 0 saturated carbocycles. The fourth-order valence-electron chi connectivity index (χ4n) is 2.45. The van der Waals surface area contributed by atoms with Crippen LogP contribution in [0.5, 0.6) is 0 Å². The highest BCUT2D eigenvalue weighted by Crippen LogP contribution is 2.17. The van der Waals surface area contributed by atoms with Crippen LogP contribution >= 0.6 is 0 Å². The molecule has 7 nitrogen and oxygen atoms in total. The molecule has 0 unspecified atom stereocenters. The number of halogens is 1. The van der Waals surface area contributed by atoms with Gasteiger partial charge in [-0.05, 0) is 36.2 Å². The van der Waals surface area contributed by atoms with Crippen LogP contribution in [-0.4, -0.2) is 31.1 Å². The van der Waals surface area contributed by atoms with Gasteiger partial charge in [-0.1, -0.05) is 32.0 Å². The van der Waals surface area contributed by atoms with Crippen molar-refractivity contribution in [2.75, 3.05) is 17.7 Å². The molecule has 0 radical (unpaired) electrons. The lowest BCUT2D eigenvalue weighted by molar-refractivity contribution is -0.118. The van der Waals surface area contributed by atoms with Crippen LogP contribution in [0.3, 0.4) is 0 Å². The molecular formula is C20H22FN3O4. The van der Waals surface area contributed by atoms with E-state index in [0.29, 0.717) is 5.69 Å². The summed E-state index contributed by atoms with van der Waals surface area (Å²) < 4.78 is 18.2. The van der Waals surface area contributed by atoms with E-state index in [1.165, 1.54) is 12.1 Å². The van der Waals surface area contributed by atoms with Crippen molar-refractivity contribution >= 4 is 29.3 Å². The van der Waals surface area contributed by atoms with E-state index < -0.39 is 29.8 Å². The molecule has 3 N–H and O–H groups in total. The maximum Gasteiger partial charge on any atom is 0.340 e. The van der Waals surface area contributed by atoms with Gasteiger partial charge < -0.3 is 20.7 Å². The van der Waals surface area contributed by atoms with Gasteiger partial charge in [-0.25, -0.2) is 14.0 Å². The average molecular weight is 387 g/mol. The molecule has 0 aliphatic rings. The number of urea groups is 1. The summed E-state index contributed by atoms with van der Waals surface area (Å²) in [5.74, 6) is -2.33. The molecule has 0 heterocycles. The predicted octanol–water partition coefficient (Wildman–Crippen LogP) is 3.40. The van der Waals surface area contributed by atoms with Crippen molar-refractivity contribution in [3.63, 3.8) is 0 Å². The Labute approximate surface area is 162 Å². The molecular weight excluding hydrogens is 365 g/mol. The molecule has 0 saturated heterocycles. The summed E-state index contributed by atoms with van der Waals surface area (Å²) in [4.78, 5) is 36.4. The summed E-state index contributed by atoms with van der Waals surface area (Å²) in [7, 11) is 1.14. The summed E-state index contributed by atoms with van der Waals surface area (Å²) in [6.45, 7) is 3.55. The zero-order valence-electron chi connectivity index (χ0n) is 15.8. The smallest absolute Gasteiger partial charge is 0.340 e. The van der Waals surface area contributed by atoms with Crippen LogP contribution in [0.1, 0.15) is 24.2 Å². The highest BCUT2D eigenvalue weighted by atomic mass is 19.1. The first kappa shape index (κ1) is 20.9. The van der Waals surface area contributed by atoms with Gasteiger partial charge in [-0.2, -0.15) is 0 Å². The third-order valence-corrected chi connectivity index (χ3v) is 3.91. The standard InChI is InChI=1S/C20H22FN3O4/c1-12(2)17(24-20(27)23-13-7-5-4-6-8-13)18(25)22-14-9-10-16(21)15(11-14)19(26)28-3/h4-12,17H,1-3H3,(H,22,25)(H2,23,24,27)/t17-/m0/s1. The lowest BCUT2D eigenvalue weighted by atomic mass is 10.0. The number of carbonyl (C=O) groups is 3. The van der Waals surface area contributed by atoms with Crippen molar-refractivity contribution in [2.45, 2.75) is 19.9 Å². The normalized spacial score (nSPS) is 11.5. The minimum Gasteiger partial charge on any atom is -0.465 e. The minimum atomic E-state index is -0.852. The molecule has 2 aromatic rings. The Hall–Kier alpha value is -3.42. The summed E-state index contributed by atoms with van der Waals surface area (Å²) in [6.07, 6.45) is 0. The van der Waals surface area contributed by atoms with Crippen molar-refractivity contribution < 1.29 is 23.5 Å². The zero-order valence-corrected chi connectivity index (χ0v) is 15.8. The molecule has 1 atom stereocenters. The second kappa shape index (κ2) is 9.50. The van der Waals surface area contributed by atoms with Gasteiger partial charge in [-0.15, -0.1) is 0 Å². The van der Waals surface area contributed by atoms with Crippen molar-refractivity contribution in [2.24, 2.45) is 5.92 Å². The monoisotopic (exact) mass is 387 g/mol. The Morgan fingerprint density at radius 3 is 2.25 bits per heavy atom. The quantitative estimate of drug-likeness (QED) is 0.662. The zero-order chi connectivity index (χ0) is 20.7. The molecule has 3 amide bonds. The van der Waals surface area contributed by atoms with Crippen molar-refractivity contribution in [3.8, 4) is 0 Å². The molecule has 2 rings (SSSR count). The molecule has 148 valence electrons. The molecule has 28 heavy (non-hydrogen) atoms. The van der Waals surface area contributed by atoms with Gasteiger partial charge in [0.05, 0.1) is 12.7 Å². The van der Waals surface area contributed by atoms with Crippen molar-refractivity contribution in [3.05, 3.63) is 59.9 Å². The van der Waals surface area contributed by atoms with Gasteiger partial charge in [0.15, 0.2) is 0 Å². The second-order valence-corrected chi connectivity index (χ2v) is 6.36. The molecule has 0 fully saturated rings. The van der Waals surface area contributed by atoms with Crippen molar-refractivity contribution in [1.29, 1.82) is 0 Å². The van der Waals surface area contributed by atoms with E-state index in [0.717, 1.165) is 13.2 Å². The molecule has 0 aliphatic carbocycles. The predicted molar refractivity (Wildman–Crippen MR) is 104 cm³/mol. The van der Waals surface area contributed by atoms with Gasteiger partial charge in [0.2, 0.25) is 5.91 Å². The number of nitrogens with one attached hydrogen (secondary N) is 3. The first-order chi connectivity index (χ1) is 13.3.